The van der Waals surface area contributed by atoms with Gasteiger partial charge in [-0.05, 0) is 79.5 Å². The van der Waals surface area contributed by atoms with Crippen LogP contribution in [0.5, 0.6) is 6.01 Å². The molecule has 5 rings (SSSR count). The first-order valence-corrected chi connectivity index (χ1v) is 12.1. The highest BCUT2D eigenvalue weighted by Gasteiger charge is 2.33. The first kappa shape index (κ1) is 20.7. The lowest BCUT2D eigenvalue weighted by molar-refractivity contribution is 0.188. The second-order valence-corrected chi connectivity index (χ2v) is 10.3. The highest BCUT2D eigenvalue weighted by atomic mass is 79.9. The van der Waals surface area contributed by atoms with E-state index in [4.69, 9.17) is 21.3 Å². The van der Waals surface area contributed by atoms with Crippen LogP contribution in [0.1, 0.15) is 38.5 Å². The zero-order valence-electron chi connectivity index (χ0n) is 17.2. The number of hydrogen-bond donors (Lipinski definition) is 0. The van der Waals surface area contributed by atoms with E-state index in [2.05, 4.69) is 37.8 Å². The molecule has 0 amide bonds. The average Bonchev–Trinajstić information content (AvgIpc) is 3.15. The highest BCUT2D eigenvalue weighted by molar-refractivity contribution is 9.10. The molecule has 30 heavy (non-hydrogen) atoms. The lowest BCUT2D eigenvalue weighted by Crippen LogP contribution is -2.43. The molecule has 1 aromatic heterocycles. The molecule has 2 aliphatic heterocycles. The van der Waals surface area contributed by atoms with Gasteiger partial charge in [-0.15, -0.1) is 0 Å². The maximum Gasteiger partial charge on any atom is 0.319 e. The van der Waals surface area contributed by atoms with Crippen molar-refractivity contribution in [3.8, 4) is 6.01 Å². The summed E-state index contributed by atoms with van der Waals surface area (Å²) in [5, 5.41) is 0.995. The van der Waals surface area contributed by atoms with Gasteiger partial charge < -0.3 is 14.5 Å². The molecule has 0 radical (unpaired) electrons. The highest BCUT2D eigenvalue weighted by Crippen LogP contribution is 2.40. The molecular weight excluding hydrogens is 471 g/mol. The molecule has 2 saturated heterocycles. The molecule has 5 nitrogen and oxygen atoms in total. The number of likely N-dealkylation sites (N-methyl/N-ethyl adjacent to an activating group) is 1. The summed E-state index contributed by atoms with van der Waals surface area (Å²) >= 11 is 9.56. The number of rotatable bonds is 4. The van der Waals surface area contributed by atoms with Crippen LogP contribution in [-0.4, -0.2) is 54.2 Å². The number of nitrogens with zero attached hydrogens (tertiary/aromatic N) is 4. The van der Waals surface area contributed by atoms with Crippen LogP contribution in [-0.2, 0) is 0 Å². The second kappa shape index (κ2) is 8.40. The fourth-order valence-electron chi connectivity index (χ4n) is 5.41. The van der Waals surface area contributed by atoms with Gasteiger partial charge in [0.15, 0.2) is 5.82 Å². The third-order valence-corrected chi connectivity index (χ3v) is 8.31. The van der Waals surface area contributed by atoms with Crippen LogP contribution >= 0.6 is 27.5 Å². The molecule has 2 bridgehead atoms. The van der Waals surface area contributed by atoms with Crippen LogP contribution in [0.2, 0.25) is 5.02 Å². The lowest BCUT2D eigenvalue weighted by atomic mass is 9.78. The Labute approximate surface area is 190 Å². The average molecular weight is 498 g/mol. The molecule has 162 valence electrons. The molecular formula is C22H27BrClFN4O. The molecule has 2 unspecified atom stereocenters. The maximum atomic E-state index is 15.1. The van der Waals surface area contributed by atoms with Crippen LogP contribution in [0.25, 0.3) is 10.9 Å². The maximum absolute atomic E-state index is 15.1. The fraction of sp³-hybridized carbons (Fsp3) is 0.636. The molecule has 1 saturated carbocycles. The minimum atomic E-state index is -0.457. The summed E-state index contributed by atoms with van der Waals surface area (Å²) in [6.45, 7) is 3.49. The molecule has 1 aliphatic carbocycles. The Kier molecular flexibility index (Phi) is 5.80. The standard InChI is InChI=1S/C22H27BrClFN4O/c1-28-7-3-6-15(28)12-30-22-26-20-16(9-17(24)18(23)19(20)25)21(27-22)29-10-13-4-2-5-14(8-13)11-29/h9,13-15H,2-8,10-12H2,1H3/t13?,14?,15-/m0/s1. The van der Waals surface area contributed by atoms with Crippen molar-refractivity contribution in [3.63, 3.8) is 0 Å². The van der Waals surface area contributed by atoms with Crippen LogP contribution in [0.4, 0.5) is 10.2 Å². The zero-order valence-corrected chi connectivity index (χ0v) is 19.6. The van der Waals surface area contributed by atoms with Crippen molar-refractivity contribution in [2.75, 3.05) is 38.2 Å². The van der Waals surface area contributed by atoms with Crippen molar-refractivity contribution in [2.24, 2.45) is 11.8 Å². The molecule has 3 aliphatic rings. The summed E-state index contributed by atoms with van der Waals surface area (Å²) in [4.78, 5) is 13.8. The van der Waals surface area contributed by atoms with Gasteiger partial charge in [0.2, 0.25) is 0 Å². The van der Waals surface area contributed by atoms with Crippen molar-refractivity contribution in [3.05, 3.63) is 21.4 Å². The molecule has 0 spiro atoms. The van der Waals surface area contributed by atoms with Crippen molar-refractivity contribution in [1.82, 2.24) is 14.9 Å². The van der Waals surface area contributed by atoms with E-state index in [0.29, 0.717) is 34.9 Å². The fourth-order valence-corrected chi connectivity index (χ4v) is 5.90. The Hall–Kier alpha value is -1.18. The monoisotopic (exact) mass is 496 g/mol. The van der Waals surface area contributed by atoms with Crippen molar-refractivity contribution in [2.45, 2.75) is 44.6 Å². The van der Waals surface area contributed by atoms with Crippen molar-refractivity contribution >= 4 is 44.3 Å². The number of piperidine rings is 1. The normalized spacial score (nSPS) is 27.1. The number of ether oxygens (including phenoxy) is 1. The molecule has 2 aromatic rings. The van der Waals surface area contributed by atoms with Gasteiger partial charge >= 0.3 is 6.01 Å². The topological polar surface area (TPSA) is 41.5 Å². The van der Waals surface area contributed by atoms with Gasteiger partial charge in [0.1, 0.15) is 17.9 Å². The van der Waals surface area contributed by atoms with E-state index < -0.39 is 5.82 Å². The summed E-state index contributed by atoms with van der Waals surface area (Å²) in [5.74, 6) is 1.64. The van der Waals surface area contributed by atoms with Crippen LogP contribution in [0, 0.1) is 17.7 Å². The first-order valence-electron chi connectivity index (χ1n) is 10.9. The lowest BCUT2D eigenvalue weighted by Gasteiger charge is -2.42. The Morgan fingerprint density at radius 1 is 1.20 bits per heavy atom. The molecule has 0 N–H and O–H groups in total. The second-order valence-electron chi connectivity index (χ2n) is 9.10. The number of likely N-dealkylation sites (tertiary alicyclic amines) is 1. The molecule has 3 heterocycles. The van der Waals surface area contributed by atoms with E-state index in [1.54, 1.807) is 6.07 Å². The number of aromatic nitrogens is 2. The quantitative estimate of drug-likeness (QED) is 0.537. The summed E-state index contributed by atoms with van der Waals surface area (Å²) < 4.78 is 21.4. The van der Waals surface area contributed by atoms with Gasteiger partial charge in [0.25, 0.3) is 0 Å². The summed E-state index contributed by atoms with van der Waals surface area (Å²) in [6.07, 6.45) is 7.39. The SMILES string of the molecule is CN1CCC[C@H]1COc1nc(N2CC3CCCC(C3)C2)c2cc(Cl)c(Br)c(F)c2n1. The van der Waals surface area contributed by atoms with E-state index in [0.717, 1.165) is 31.9 Å². The number of halogens is 3. The predicted molar refractivity (Wildman–Crippen MR) is 121 cm³/mol. The van der Waals surface area contributed by atoms with E-state index in [1.807, 2.05) is 0 Å². The number of anilines is 1. The smallest absolute Gasteiger partial charge is 0.319 e. The Bertz CT molecular complexity index is 949. The van der Waals surface area contributed by atoms with Gasteiger partial charge in [-0.1, -0.05) is 18.0 Å². The van der Waals surface area contributed by atoms with E-state index >= 15 is 4.39 Å². The van der Waals surface area contributed by atoms with Crippen LogP contribution < -0.4 is 9.64 Å². The number of hydrogen-bond acceptors (Lipinski definition) is 5. The van der Waals surface area contributed by atoms with Gasteiger partial charge in [0, 0.05) is 24.5 Å². The minimum absolute atomic E-state index is 0.235. The molecule has 3 fully saturated rings. The van der Waals surface area contributed by atoms with E-state index in [1.165, 1.54) is 32.1 Å². The van der Waals surface area contributed by atoms with Gasteiger partial charge in [0.05, 0.1) is 9.50 Å². The van der Waals surface area contributed by atoms with Crippen molar-refractivity contribution in [1.29, 1.82) is 0 Å². The third-order valence-electron chi connectivity index (χ3n) is 7.01. The van der Waals surface area contributed by atoms with Gasteiger partial charge in [-0.2, -0.15) is 9.97 Å². The first-order chi connectivity index (χ1) is 14.5. The van der Waals surface area contributed by atoms with Crippen LogP contribution in [0.3, 0.4) is 0 Å². The Morgan fingerprint density at radius 3 is 2.67 bits per heavy atom. The summed E-state index contributed by atoms with van der Waals surface area (Å²) in [7, 11) is 2.11. The summed E-state index contributed by atoms with van der Waals surface area (Å²) in [5.41, 5.74) is 0.266. The predicted octanol–water partition coefficient (Wildman–Crippen LogP) is 5.28. The molecule has 8 heteroatoms. The number of benzene rings is 1. The van der Waals surface area contributed by atoms with E-state index in [-0.39, 0.29) is 16.0 Å². The summed E-state index contributed by atoms with van der Waals surface area (Å²) in [6, 6.07) is 2.38. The Balaban J connectivity index is 1.53. The third kappa shape index (κ3) is 3.89. The Morgan fingerprint density at radius 2 is 1.97 bits per heavy atom. The van der Waals surface area contributed by atoms with Crippen molar-refractivity contribution < 1.29 is 9.13 Å². The molecule has 3 atom stereocenters. The number of fused-ring (bicyclic) bond motifs is 3. The largest absolute Gasteiger partial charge is 0.462 e. The molecule has 1 aromatic carbocycles. The van der Waals surface area contributed by atoms with Gasteiger partial charge in [-0.3, -0.25) is 0 Å². The van der Waals surface area contributed by atoms with Crippen LogP contribution in [0.15, 0.2) is 10.5 Å². The minimum Gasteiger partial charge on any atom is -0.462 e. The zero-order chi connectivity index (χ0) is 20.8. The van der Waals surface area contributed by atoms with E-state index in [9.17, 15) is 0 Å². The van der Waals surface area contributed by atoms with Gasteiger partial charge in [-0.25, -0.2) is 4.39 Å².